The summed E-state index contributed by atoms with van der Waals surface area (Å²) < 4.78 is 12.9. The molecule has 3 aliphatic heterocycles. The fourth-order valence-electron chi connectivity index (χ4n) is 4.12. The first-order chi connectivity index (χ1) is 15.7. The van der Waals surface area contributed by atoms with E-state index >= 15 is 0 Å². The molecule has 0 radical (unpaired) electrons. The molecule has 2 amide bonds. The van der Waals surface area contributed by atoms with E-state index in [1.807, 2.05) is 39.8 Å². The van der Waals surface area contributed by atoms with Gasteiger partial charge >= 0.3 is 7.12 Å². The van der Waals surface area contributed by atoms with Gasteiger partial charge in [0.05, 0.1) is 16.2 Å². The second-order valence-electron chi connectivity index (χ2n) is 9.79. The van der Waals surface area contributed by atoms with Gasteiger partial charge in [-0.2, -0.15) is 0 Å². The lowest BCUT2D eigenvalue weighted by atomic mass is 9.77. The van der Waals surface area contributed by atoms with Crippen molar-refractivity contribution in [3.63, 3.8) is 0 Å². The molecule has 0 unspecified atom stereocenters. The fourth-order valence-corrected chi connectivity index (χ4v) is 5.03. The lowest BCUT2D eigenvalue weighted by Crippen LogP contribution is -2.41. The van der Waals surface area contributed by atoms with Gasteiger partial charge in [-0.05, 0) is 61.8 Å². The predicted octanol–water partition coefficient (Wildman–Crippen LogP) is 4.91. The number of carbonyl (C=O) groups is 2. The van der Waals surface area contributed by atoms with E-state index in [4.69, 9.17) is 32.5 Å². The number of rotatable bonds is 1. The Morgan fingerprint density at radius 1 is 0.824 bits per heavy atom. The van der Waals surface area contributed by atoms with Gasteiger partial charge in [-0.1, -0.05) is 29.3 Å². The Bertz CT molecular complexity index is 1190. The van der Waals surface area contributed by atoms with Crippen LogP contribution in [-0.2, 0) is 22.4 Å². The third kappa shape index (κ3) is 4.18. The Kier molecular flexibility index (Phi) is 6.62. The van der Waals surface area contributed by atoms with E-state index in [1.54, 1.807) is 36.0 Å². The summed E-state index contributed by atoms with van der Waals surface area (Å²) in [5.41, 5.74) is 3.13. The summed E-state index contributed by atoms with van der Waals surface area (Å²) in [6.07, 6.45) is 0. The Morgan fingerprint density at radius 2 is 1.26 bits per heavy atom. The average Bonchev–Trinajstić information content (AvgIpc) is 3.29. The zero-order chi connectivity index (χ0) is 25.2. The number of carbonyl (C=O) groups excluding carboxylic acids is 2. The van der Waals surface area contributed by atoms with Gasteiger partial charge in [-0.3, -0.25) is 9.59 Å². The second kappa shape index (κ2) is 8.82. The summed E-state index contributed by atoms with van der Waals surface area (Å²) in [6, 6.07) is 7.25. The van der Waals surface area contributed by atoms with Gasteiger partial charge in [0, 0.05) is 64.4 Å². The van der Waals surface area contributed by atoms with Crippen LogP contribution in [0.4, 0.5) is 0 Å². The number of halogens is 3. The van der Waals surface area contributed by atoms with Crippen LogP contribution in [0.3, 0.4) is 0 Å². The first kappa shape index (κ1) is 25.5. The molecule has 0 saturated carbocycles. The number of amides is 2. The highest BCUT2D eigenvalue weighted by Crippen LogP contribution is 2.38. The Morgan fingerprint density at radius 3 is 1.76 bits per heavy atom. The number of hydrogen-bond donors (Lipinski definition) is 0. The first-order valence-corrected chi connectivity index (χ1v) is 12.4. The maximum Gasteiger partial charge on any atom is 0.496 e. The Labute approximate surface area is 218 Å². The van der Waals surface area contributed by atoms with Crippen molar-refractivity contribution in [1.29, 1.82) is 0 Å². The minimum Gasteiger partial charge on any atom is -0.399 e. The molecule has 6 nitrogen and oxygen atoms in total. The lowest BCUT2D eigenvalue weighted by molar-refractivity contribution is 0.00578. The highest BCUT2D eigenvalue weighted by Gasteiger charge is 2.52. The van der Waals surface area contributed by atoms with Gasteiger partial charge in [-0.15, -0.1) is 0 Å². The number of fused-ring (bicyclic) bond motifs is 2. The maximum absolute atomic E-state index is 12.0. The van der Waals surface area contributed by atoms with E-state index in [0.717, 1.165) is 26.6 Å². The molecule has 0 N–H and O–H groups in total. The standard InChI is InChI=1S/C15H19BClNO3.C9H7BrClNO/c1-14(2)15(3,4)21-16(20-14)11-7-6-9-10(12(11)17)8-18(5)13(9)19;1-12-4-6-5(9(12)13)2-3-7(10)8(6)11/h6-7H,8H2,1-5H3;2-3H,4H2,1H3. The van der Waals surface area contributed by atoms with Crippen molar-refractivity contribution in [3.8, 4) is 0 Å². The summed E-state index contributed by atoms with van der Waals surface area (Å²) in [4.78, 5) is 26.8. The summed E-state index contributed by atoms with van der Waals surface area (Å²) in [7, 11) is 3.04. The molecule has 1 fully saturated rings. The van der Waals surface area contributed by atoms with E-state index in [2.05, 4.69) is 15.9 Å². The highest BCUT2D eigenvalue weighted by atomic mass is 79.9. The smallest absolute Gasteiger partial charge is 0.399 e. The normalized spacial score (nSPS) is 19.9. The van der Waals surface area contributed by atoms with Crippen molar-refractivity contribution in [2.45, 2.75) is 52.0 Å². The molecule has 0 aliphatic carbocycles. The molecule has 0 bridgehead atoms. The minimum absolute atomic E-state index is 0.00682. The van der Waals surface area contributed by atoms with Gasteiger partial charge in [0.25, 0.3) is 11.8 Å². The minimum atomic E-state index is -0.506. The molecule has 1 saturated heterocycles. The molecule has 10 heteroatoms. The molecular formula is C24H26BBrCl2N2O4. The van der Waals surface area contributed by atoms with Gasteiger partial charge < -0.3 is 19.1 Å². The number of nitrogens with zero attached hydrogens (tertiary/aromatic N) is 2. The lowest BCUT2D eigenvalue weighted by Gasteiger charge is -2.32. The molecule has 0 atom stereocenters. The Hall–Kier alpha value is -1.58. The molecule has 2 aromatic rings. The van der Waals surface area contributed by atoms with E-state index in [9.17, 15) is 9.59 Å². The number of benzene rings is 2. The fraction of sp³-hybridized carbons (Fsp3) is 0.417. The van der Waals surface area contributed by atoms with Crippen molar-refractivity contribution in [3.05, 3.63) is 61.0 Å². The van der Waals surface area contributed by atoms with Crippen LogP contribution < -0.4 is 5.46 Å². The first-order valence-electron chi connectivity index (χ1n) is 10.9. The number of hydrogen-bond acceptors (Lipinski definition) is 4. The van der Waals surface area contributed by atoms with Crippen LogP contribution in [0.5, 0.6) is 0 Å². The molecule has 180 valence electrons. The molecule has 34 heavy (non-hydrogen) atoms. The van der Waals surface area contributed by atoms with Crippen LogP contribution in [0.1, 0.15) is 59.5 Å². The molecule has 3 heterocycles. The van der Waals surface area contributed by atoms with Crippen LogP contribution in [0.15, 0.2) is 28.7 Å². The molecule has 0 aromatic heterocycles. The zero-order valence-electron chi connectivity index (χ0n) is 20.0. The van der Waals surface area contributed by atoms with Gasteiger partial charge in [0.15, 0.2) is 0 Å². The largest absolute Gasteiger partial charge is 0.496 e. The van der Waals surface area contributed by atoms with Crippen molar-refractivity contribution >= 4 is 63.5 Å². The molecule has 5 rings (SSSR count). The van der Waals surface area contributed by atoms with E-state index in [-0.39, 0.29) is 11.8 Å². The van der Waals surface area contributed by atoms with Crippen molar-refractivity contribution in [2.75, 3.05) is 14.1 Å². The van der Waals surface area contributed by atoms with Crippen molar-refractivity contribution in [1.82, 2.24) is 9.80 Å². The maximum atomic E-state index is 12.0. The van der Waals surface area contributed by atoms with Crippen molar-refractivity contribution in [2.24, 2.45) is 0 Å². The van der Waals surface area contributed by atoms with Gasteiger partial charge in [0.2, 0.25) is 0 Å². The summed E-state index contributed by atoms with van der Waals surface area (Å²) >= 11 is 15.9. The average molecular weight is 568 g/mol. The zero-order valence-corrected chi connectivity index (χ0v) is 23.1. The summed E-state index contributed by atoms with van der Waals surface area (Å²) in [6.45, 7) is 9.15. The Balaban J connectivity index is 0.000000180. The van der Waals surface area contributed by atoms with Gasteiger partial charge in [-0.25, -0.2) is 0 Å². The van der Waals surface area contributed by atoms with E-state index in [1.165, 1.54) is 0 Å². The molecule has 0 spiro atoms. The van der Waals surface area contributed by atoms with E-state index in [0.29, 0.717) is 28.7 Å². The van der Waals surface area contributed by atoms with Crippen LogP contribution in [0, 0.1) is 0 Å². The summed E-state index contributed by atoms with van der Waals surface area (Å²) in [5.74, 6) is 0.0526. The third-order valence-corrected chi connectivity index (χ3v) is 8.69. The molecule has 3 aliphatic rings. The third-order valence-electron chi connectivity index (χ3n) is 6.92. The second-order valence-corrected chi connectivity index (χ2v) is 11.4. The topological polar surface area (TPSA) is 59.1 Å². The predicted molar refractivity (Wildman–Crippen MR) is 138 cm³/mol. The van der Waals surface area contributed by atoms with Gasteiger partial charge in [0.1, 0.15) is 0 Å². The molecular weight excluding hydrogens is 542 g/mol. The van der Waals surface area contributed by atoms with E-state index < -0.39 is 18.3 Å². The van der Waals surface area contributed by atoms with Crippen LogP contribution in [-0.4, -0.2) is 54.0 Å². The van der Waals surface area contributed by atoms with Crippen LogP contribution >= 0.6 is 39.1 Å². The van der Waals surface area contributed by atoms with Crippen LogP contribution in [0.2, 0.25) is 10.0 Å². The summed E-state index contributed by atoms with van der Waals surface area (Å²) in [5, 5.41) is 1.22. The SMILES string of the molecule is CN1Cc2c(ccc(B3OC(C)(C)C(C)(C)O3)c2Cl)C1=O.CN1Cc2c(ccc(Br)c2Cl)C1=O. The van der Waals surface area contributed by atoms with Crippen LogP contribution in [0.25, 0.3) is 0 Å². The molecule has 2 aromatic carbocycles. The monoisotopic (exact) mass is 566 g/mol. The quantitative estimate of drug-likeness (QED) is 0.459. The van der Waals surface area contributed by atoms with Crippen molar-refractivity contribution < 1.29 is 18.9 Å². The highest BCUT2D eigenvalue weighted by molar-refractivity contribution is 9.10.